The first-order valence-electron chi connectivity index (χ1n) is 9.93. The molecule has 1 fully saturated rings. The average molecular weight is 429 g/mol. The van der Waals surface area contributed by atoms with Crippen LogP contribution in [0.1, 0.15) is 52.9 Å². The van der Waals surface area contributed by atoms with Gasteiger partial charge in [-0.15, -0.1) is 10.2 Å². The van der Waals surface area contributed by atoms with Crippen molar-refractivity contribution in [1.82, 2.24) is 24.7 Å². The van der Waals surface area contributed by atoms with Gasteiger partial charge < -0.3 is 15.6 Å². The highest BCUT2D eigenvalue weighted by atomic mass is 32.2. The Hall–Kier alpha value is -1.42. The fraction of sp³-hybridized carbons (Fsp3) is 0.778. The number of nitrogens with zero attached hydrogens (tertiary/aromatic N) is 5. The molecular formula is C18H32N6O2S2. The van der Waals surface area contributed by atoms with Crippen molar-refractivity contribution >= 4 is 35.3 Å². The molecule has 0 bridgehead atoms. The molecule has 1 unspecified atom stereocenters. The summed E-state index contributed by atoms with van der Waals surface area (Å²) < 4.78 is 1.37. The van der Waals surface area contributed by atoms with E-state index in [1.807, 2.05) is 32.7 Å². The number of nitrogens with two attached hydrogens (primary N) is 1. The smallest absolute Gasteiger partial charge is 0.235 e. The maximum absolute atomic E-state index is 12.8. The van der Waals surface area contributed by atoms with Gasteiger partial charge in [-0.25, -0.2) is 4.68 Å². The van der Waals surface area contributed by atoms with Crippen LogP contribution < -0.4 is 5.84 Å². The van der Waals surface area contributed by atoms with Crippen LogP contribution in [0.5, 0.6) is 0 Å². The standard InChI is InChI=1S/C18H32N6O2S2/c1-5-23(6-2)15(25)12-27-17-20-21-18(24(17)19)28-13(3)16(26)22(4)14-10-8-7-9-11-14/h13-14H,5-12,19H2,1-4H3. The SMILES string of the molecule is CCN(CC)C(=O)CSc1nnc(SC(C)C(=O)N(C)C2CCCCC2)n1N. The van der Waals surface area contributed by atoms with Crippen molar-refractivity contribution in [2.45, 2.75) is 74.5 Å². The second kappa shape index (κ2) is 10.9. The van der Waals surface area contributed by atoms with Crippen LogP contribution in [0, 0.1) is 0 Å². The number of rotatable bonds is 9. The van der Waals surface area contributed by atoms with Gasteiger partial charge >= 0.3 is 0 Å². The van der Waals surface area contributed by atoms with Crippen LogP contribution in [0.3, 0.4) is 0 Å². The summed E-state index contributed by atoms with van der Waals surface area (Å²) in [5.74, 6) is 6.50. The van der Waals surface area contributed by atoms with Gasteiger partial charge in [-0.3, -0.25) is 9.59 Å². The lowest BCUT2D eigenvalue weighted by Gasteiger charge is -2.32. The highest BCUT2D eigenvalue weighted by Gasteiger charge is 2.27. The topological polar surface area (TPSA) is 97.4 Å². The molecule has 1 aliphatic rings. The molecule has 1 heterocycles. The Morgan fingerprint density at radius 3 is 2.39 bits per heavy atom. The lowest BCUT2D eigenvalue weighted by atomic mass is 9.94. The van der Waals surface area contributed by atoms with E-state index >= 15 is 0 Å². The molecule has 1 atom stereocenters. The van der Waals surface area contributed by atoms with E-state index in [0.717, 1.165) is 12.8 Å². The summed E-state index contributed by atoms with van der Waals surface area (Å²) in [5, 5.41) is 8.85. The number of thioether (sulfide) groups is 2. The number of hydrogen-bond donors (Lipinski definition) is 1. The molecule has 28 heavy (non-hydrogen) atoms. The van der Waals surface area contributed by atoms with Crippen LogP contribution in [-0.4, -0.2) is 73.7 Å². The maximum Gasteiger partial charge on any atom is 0.235 e. The third-order valence-corrected chi connectivity index (χ3v) is 7.15. The molecule has 1 aromatic heterocycles. The van der Waals surface area contributed by atoms with E-state index in [9.17, 15) is 9.59 Å². The normalized spacial score (nSPS) is 16.0. The summed E-state index contributed by atoms with van der Waals surface area (Å²) in [7, 11) is 1.89. The first kappa shape index (κ1) is 22.9. The van der Waals surface area contributed by atoms with E-state index in [4.69, 9.17) is 5.84 Å². The van der Waals surface area contributed by atoms with E-state index in [1.165, 1.54) is 47.5 Å². The monoisotopic (exact) mass is 428 g/mol. The van der Waals surface area contributed by atoms with Gasteiger partial charge in [0.2, 0.25) is 22.1 Å². The average Bonchev–Trinajstić information content (AvgIpc) is 3.06. The molecule has 2 amide bonds. The molecule has 8 nitrogen and oxygen atoms in total. The molecule has 2 N–H and O–H groups in total. The molecule has 0 spiro atoms. The second-order valence-corrected chi connectivity index (χ2v) is 9.24. The van der Waals surface area contributed by atoms with Gasteiger partial charge in [0.1, 0.15) is 0 Å². The molecule has 0 saturated heterocycles. The highest BCUT2D eigenvalue weighted by molar-refractivity contribution is 8.00. The summed E-state index contributed by atoms with van der Waals surface area (Å²) in [6.07, 6.45) is 5.79. The third kappa shape index (κ3) is 5.79. The Labute approximate surface area is 175 Å². The molecule has 1 saturated carbocycles. The van der Waals surface area contributed by atoms with Crippen molar-refractivity contribution in [3.05, 3.63) is 0 Å². The Kier molecular flexibility index (Phi) is 8.94. The zero-order chi connectivity index (χ0) is 20.7. The van der Waals surface area contributed by atoms with Gasteiger partial charge in [0, 0.05) is 26.2 Å². The lowest BCUT2D eigenvalue weighted by Crippen LogP contribution is -2.42. The maximum atomic E-state index is 12.8. The predicted octanol–water partition coefficient (Wildman–Crippen LogP) is 2.22. The quantitative estimate of drug-likeness (QED) is 0.476. The summed E-state index contributed by atoms with van der Waals surface area (Å²) in [4.78, 5) is 28.6. The molecule has 10 heteroatoms. The minimum Gasteiger partial charge on any atom is -0.343 e. The van der Waals surface area contributed by atoms with Gasteiger partial charge in [0.25, 0.3) is 0 Å². The van der Waals surface area contributed by atoms with Crippen LogP contribution in [0.15, 0.2) is 10.3 Å². The number of aromatic nitrogens is 3. The minimum absolute atomic E-state index is 0.0462. The predicted molar refractivity (Wildman–Crippen MR) is 114 cm³/mol. The first-order chi connectivity index (χ1) is 13.4. The van der Waals surface area contributed by atoms with Crippen LogP contribution in [0.2, 0.25) is 0 Å². The van der Waals surface area contributed by atoms with E-state index in [0.29, 0.717) is 29.4 Å². The molecule has 1 aromatic rings. The van der Waals surface area contributed by atoms with Crippen molar-refractivity contribution in [3.8, 4) is 0 Å². The Balaban J connectivity index is 1.91. The zero-order valence-corrected chi connectivity index (χ0v) is 18.9. The summed E-state index contributed by atoms with van der Waals surface area (Å²) in [6, 6.07) is 0.331. The molecule has 158 valence electrons. The van der Waals surface area contributed by atoms with Gasteiger partial charge in [-0.05, 0) is 33.6 Å². The Morgan fingerprint density at radius 1 is 1.18 bits per heavy atom. The fourth-order valence-corrected chi connectivity index (χ4v) is 5.07. The molecular weight excluding hydrogens is 396 g/mol. The third-order valence-electron chi connectivity index (χ3n) is 5.17. The number of carbonyl (C=O) groups is 2. The van der Waals surface area contributed by atoms with Crippen molar-refractivity contribution < 1.29 is 9.59 Å². The van der Waals surface area contributed by atoms with Crippen molar-refractivity contribution in [3.63, 3.8) is 0 Å². The van der Waals surface area contributed by atoms with E-state index in [-0.39, 0.29) is 22.8 Å². The Bertz CT molecular complexity index is 659. The summed E-state index contributed by atoms with van der Waals surface area (Å²) in [5.41, 5.74) is 0. The minimum atomic E-state index is -0.298. The molecule has 0 radical (unpaired) electrons. The first-order valence-corrected chi connectivity index (χ1v) is 11.8. The zero-order valence-electron chi connectivity index (χ0n) is 17.3. The van der Waals surface area contributed by atoms with Gasteiger partial charge in [-0.2, -0.15) is 0 Å². The number of nitrogen functional groups attached to an aromatic ring is 1. The molecule has 0 aromatic carbocycles. The molecule has 0 aliphatic heterocycles. The van der Waals surface area contributed by atoms with Crippen molar-refractivity contribution in [2.75, 3.05) is 31.7 Å². The van der Waals surface area contributed by atoms with Crippen LogP contribution in [-0.2, 0) is 9.59 Å². The Morgan fingerprint density at radius 2 is 1.79 bits per heavy atom. The largest absolute Gasteiger partial charge is 0.343 e. The second-order valence-electron chi connectivity index (χ2n) is 6.99. The number of carbonyl (C=O) groups excluding carboxylic acids is 2. The van der Waals surface area contributed by atoms with E-state index in [2.05, 4.69) is 10.2 Å². The fourth-order valence-electron chi connectivity index (χ4n) is 3.38. The summed E-state index contributed by atoms with van der Waals surface area (Å²) >= 11 is 2.57. The van der Waals surface area contributed by atoms with Gasteiger partial charge in [0.15, 0.2) is 0 Å². The summed E-state index contributed by atoms with van der Waals surface area (Å²) in [6.45, 7) is 7.14. The van der Waals surface area contributed by atoms with Crippen LogP contribution in [0.4, 0.5) is 0 Å². The molecule has 2 rings (SSSR count). The highest BCUT2D eigenvalue weighted by Crippen LogP contribution is 2.28. The van der Waals surface area contributed by atoms with Gasteiger partial charge in [-0.1, -0.05) is 42.8 Å². The lowest BCUT2D eigenvalue weighted by molar-refractivity contribution is -0.131. The number of hydrogen-bond acceptors (Lipinski definition) is 7. The van der Waals surface area contributed by atoms with Gasteiger partial charge in [0.05, 0.1) is 11.0 Å². The van der Waals surface area contributed by atoms with Crippen molar-refractivity contribution in [1.29, 1.82) is 0 Å². The van der Waals surface area contributed by atoms with E-state index in [1.54, 1.807) is 4.90 Å². The number of amides is 2. The molecule has 1 aliphatic carbocycles. The van der Waals surface area contributed by atoms with Crippen molar-refractivity contribution in [2.24, 2.45) is 0 Å². The van der Waals surface area contributed by atoms with Crippen LogP contribution in [0.25, 0.3) is 0 Å². The van der Waals surface area contributed by atoms with E-state index < -0.39 is 0 Å². The van der Waals surface area contributed by atoms with Crippen LogP contribution >= 0.6 is 23.5 Å².